The van der Waals surface area contributed by atoms with Gasteiger partial charge in [0.05, 0.1) is 0 Å². The van der Waals surface area contributed by atoms with Crippen molar-refractivity contribution >= 4 is 15.9 Å². The van der Waals surface area contributed by atoms with E-state index in [1.807, 2.05) is 42.5 Å². The SMILES string of the molecule is CCC(C)C(Br)c1ccc(Oc2ccccc2)cc1. The average Bonchev–Trinajstić information content (AvgIpc) is 2.47. The number of alkyl halides is 1. The smallest absolute Gasteiger partial charge is 0.127 e. The second-order valence-corrected chi connectivity index (χ2v) is 5.76. The number of hydrogen-bond acceptors (Lipinski definition) is 1. The van der Waals surface area contributed by atoms with Gasteiger partial charge in [-0.15, -0.1) is 0 Å². The fourth-order valence-electron chi connectivity index (χ4n) is 1.88. The van der Waals surface area contributed by atoms with Crippen LogP contribution in [0.25, 0.3) is 0 Å². The number of rotatable bonds is 5. The van der Waals surface area contributed by atoms with Gasteiger partial charge in [-0.05, 0) is 35.7 Å². The summed E-state index contributed by atoms with van der Waals surface area (Å²) in [5.74, 6) is 2.37. The third-order valence-electron chi connectivity index (χ3n) is 3.32. The van der Waals surface area contributed by atoms with Crippen molar-refractivity contribution in [3.05, 3.63) is 60.2 Å². The van der Waals surface area contributed by atoms with E-state index in [9.17, 15) is 0 Å². The number of benzene rings is 2. The zero-order valence-electron chi connectivity index (χ0n) is 11.3. The minimum atomic E-state index is 0.406. The average molecular weight is 319 g/mol. The Labute approximate surface area is 123 Å². The van der Waals surface area contributed by atoms with Crippen LogP contribution in [0.2, 0.25) is 0 Å². The fraction of sp³-hybridized carbons (Fsp3) is 0.294. The summed E-state index contributed by atoms with van der Waals surface area (Å²) in [5, 5.41) is 0. The van der Waals surface area contributed by atoms with E-state index in [1.165, 1.54) is 5.56 Å². The molecular weight excluding hydrogens is 300 g/mol. The highest BCUT2D eigenvalue weighted by Gasteiger charge is 2.14. The highest BCUT2D eigenvalue weighted by molar-refractivity contribution is 9.09. The highest BCUT2D eigenvalue weighted by atomic mass is 79.9. The Bertz CT molecular complexity index is 492. The molecule has 0 heterocycles. The summed E-state index contributed by atoms with van der Waals surface area (Å²) < 4.78 is 5.78. The predicted octanol–water partition coefficient (Wildman–Crippen LogP) is 5.96. The van der Waals surface area contributed by atoms with Crippen LogP contribution >= 0.6 is 15.9 Å². The molecule has 1 nitrogen and oxygen atoms in total. The molecule has 0 amide bonds. The molecule has 0 fully saturated rings. The molecule has 0 spiro atoms. The maximum Gasteiger partial charge on any atom is 0.127 e. The molecule has 2 atom stereocenters. The van der Waals surface area contributed by atoms with Crippen LogP contribution in [0.3, 0.4) is 0 Å². The van der Waals surface area contributed by atoms with Crippen molar-refractivity contribution in [3.63, 3.8) is 0 Å². The van der Waals surface area contributed by atoms with Gasteiger partial charge in [0.15, 0.2) is 0 Å². The van der Waals surface area contributed by atoms with Gasteiger partial charge < -0.3 is 4.74 Å². The Balaban J connectivity index is 2.06. The van der Waals surface area contributed by atoms with Gasteiger partial charge in [0.25, 0.3) is 0 Å². The van der Waals surface area contributed by atoms with E-state index >= 15 is 0 Å². The van der Waals surface area contributed by atoms with Crippen molar-refractivity contribution in [2.75, 3.05) is 0 Å². The van der Waals surface area contributed by atoms with Crippen LogP contribution < -0.4 is 4.74 Å². The lowest BCUT2D eigenvalue weighted by Crippen LogP contribution is -2.01. The van der Waals surface area contributed by atoms with Crippen LogP contribution in [-0.2, 0) is 0 Å². The van der Waals surface area contributed by atoms with Crippen molar-refractivity contribution < 1.29 is 4.74 Å². The normalized spacial score (nSPS) is 13.8. The van der Waals surface area contributed by atoms with Crippen molar-refractivity contribution in [1.82, 2.24) is 0 Å². The lowest BCUT2D eigenvalue weighted by atomic mass is 9.99. The topological polar surface area (TPSA) is 9.23 Å². The summed E-state index contributed by atoms with van der Waals surface area (Å²) >= 11 is 3.76. The van der Waals surface area contributed by atoms with Gasteiger partial charge in [-0.25, -0.2) is 0 Å². The van der Waals surface area contributed by atoms with Crippen LogP contribution in [0.15, 0.2) is 54.6 Å². The van der Waals surface area contributed by atoms with Crippen molar-refractivity contribution in [1.29, 1.82) is 0 Å². The molecule has 0 radical (unpaired) electrons. The van der Waals surface area contributed by atoms with Gasteiger partial charge in [0.2, 0.25) is 0 Å². The molecule has 2 rings (SSSR count). The van der Waals surface area contributed by atoms with Gasteiger partial charge in [-0.3, -0.25) is 0 Å². The molecular formula is C17H19BrO. The Morgan fingerprint density at radius 2 is 1.53 bits per heavy atom. The first-order chi connectivity index (χ1) is 9.20. The molecule has 2 aromatic rings. The molecule has 0 aromatic heterocycles. The van der Waals surface area contributed by atoms with Gasteiger partial charge in [-0.1, -0.05) is 66.5 Å². The molecule has 0 saturated heterocycles. The van der Waals surface area contributed by atoms with Gasteiger partial charge in [0.1, 0.15) is 11.5 Å². The van der Waals surface area contributed by atoms with E-state index in [0.717, 1.165) is 17.9 Å². The second kappa shape index (κ2) is 6.76. The largest absolute Gasteiger partial charge is 0.457 e. The predicted molar refractivity (Wildman–Crippen MR) is 84.1 cm³/mol. The molecule has 0 saturated carbocycles. The van der Waals surface area contributed by atoms with E-state index in [0.29, 0.717) is 10.7 Å². The quantitative estimate of drug-likeness (QED) is 0.618. The molecule has 0 N–H and O–H groups in total. The summed E-state index contributed by atoms with van der Waals surface area (Å²) in [6.07, 6.45) is 1.16. The van der Waals surface area contributed by atoms with E-state index < -0.39 is 0 Å². The number of halogens is 1. The fourth-order valence-corrected chi connectivity index (χ4v) is 2.56. The van der Waals surface area contributed by atoms with Gasteiger partial charge in [-0.2, -0.15) is 0 Å². The lowest BCUT2D eigenvalue weighted by Gasteiger charge is -2.17. The van der Waals surface area contributed by atoms with E-state index in [-0.39, 0.29) is 0 Å². The Kier molecular flexibility index (Phi) is 5.03. The first kappa shape index (κ1) is 14.1. The molecule has 2 unspecified atom stereocenters. The van der Waals surface area contributed by atoms with Gasteiger partial charge in [0, 0.05) is 4.83 Å². The first-order valence-electron chi connectivity index (χ1n) is 6.67. The molecule has 0 aliphatic rings. The second-order valence-electron chi connectivity index (χ2n) is 4.77. The Morgan fingerprint density at radius 3 is 2.11 bits per heavy atom. The zero-order valence-corrected chi connectivity index (χ0v) is 12.9. The number of ether oxygens (including phenoxy) is 1. The van der Waals surface area contributed by atoms with Crippen molar-refractivity contribution in [2.24, 2.45) is 5.92 Å². The molecule has 2 aromatic carbocycles. The van der Waals surface area contributed by atoms with Crippen LogP contribution in [0, 0.1) is 5.92 Å². The van der Waals surface area contributed by atoms with Crippen molar-refractivity contribution in [2.45, 2.75) is 25.1 Å². The van der Waals surface area contributed by atoms with E-state index in [2.05, 4.69) is 41.9 Å². The summed E-state index contributed by atoms with van der Waals surface area (Å²) in [6.45, 7) is 4.47. The standard InChI is InChI=1S/C17H19BrO/c1-3-13(2)17(18)14-9-11-16(12-10-14)19-15-7-5-4-6-8-15/h4-13,17H,3H2,1-2H3. The zero-order chi connectivity index (χ0) is 13.7. The maximum atomic E-state index is 5.78. The number of para-hydroxylation sites is 1. The molecule has 0 aliphatic heterocycles. The minimum absolute atomic E-state index is 0.406. The molecule has 0 bridgehead atoms. The van der Waals surface area contributed by atoms with Crippen LogP contribution in [0.1, 0.15) is 30.7 Å². The summed E-state index contributed by atoms with van der Waals surface area (Å²) in [5.41, 5.74) is 1.30. The summed E-state index contributed by atoms with van der Waals surface area (Å²) in [4.78, 5) is 0.406. The Hall–Kier alpha value is -1.28. The van der Waals surface area contributed by atoms with Crippen molar-refractivity contribution in [3.8, 4) is 11.5 Å². The highest BCUT2D eigenvalue weighted by Crippen LogP contribution is 2.34. The Morgan fingerprint density at radius 1 is 0.947 bits per heavy atom. The van der Waals surface area contributed by atoms with Crippen LogP contribution in [-0.4, -0.2) is 0 Å². The number of hydrogen-bond donors (Lipinski definition) is 0. The van der Waals surface area contributed by atoms with Crippen LogP contribution in [0.5, 0.6) is 11.5 Å². The molecule has 0 aliphatic carbocycles. The lowest BCUT2D eigenvalue weighted by molar-refractivity contribution is 0.482. The maximum absolute atomic E-state index is 5.78. The summed E-state index contributed by atoms with van der Waals surface area (Å²) in [7, 11) is 0. The monoisotopic (exact) mass is 318 g/mol. The van der Waals surface area contributed by atoms with E-state index in [4.69, 9.17) is 4.74 Å². The molecule has 2 heteroatoms. The van der Waals surface area contributed by atoms with E-state index in [1.54, 1.807) is 0 Å². The third kappa shape index (κ3) is 3.84. The molecule has 19 heavy (non-hydrogen) atoms. The third-order valence-corrected chi connectivity index (χ3v) is 4.75. The first-order valence-corrected chi connectivity index (χ1v) is 7.59. The minimum Gasteiger partial charge on any atom is -0.457 e. The molecule has 100 valence electrons. The van der Waals surface area contributed by atoms with Crippen LogP contribution in [0.4, 0.5) is 0 Å². The summed E-state index contributed by atoms with van der Waals surface area (Å²) in [6, 6.07) is 18.2. The van der Waals surface area contributed by atoms with Gasteiger partial charge >= 0.3 is 0 Å².